The van der Waals surface area contributed by atoms with E-state index in [0.717, 1.165) is 41.0 Å². The van der Waals surface area contributed by atoms with E-state index in [4.69, 9.17) is 19.9 Å². The second kappa shape index (κ2) is 5.89. The Morgan fingerprint density at radius 3 is 3.05 bits per heavy atom. The minimum absolute atomic E-state index is 0.181. The fourth-order valence-corrected chi connectivity index (χ4v) is 3.48. The maximum Gasteiger partial charge on any atom is 0.231 e. The van der Waals surface area contributed by atoms with Crippen LogP contribution in [0, 0.1) is 0 Å². The Balaban J connectivity index is 1.85. The number of nitrogens with zero attached hydrogens (tertiary/aromatic N) is 1. The third kappa shape index (κ3) is 2.53. The van der Waals surface area contributed by atoms with Gasteiger partial charge in [-0.15, -0.1) is 0 Å². The van der Waals surface area contributed by atoms with Gasteiger partial charge in [-0.2, -0.15) is 0 Å². The third-order valence-corrected chi connectivity index (χ3v) is 4.60. The molecule has 2 N–H and O–H groups in total. The van der Waals surface area contributed by atoms with Crippen molar-refractivity contribution < 1.29 is 14.2 Å². The molecule has 20 heavy (non-hydrogen) atoms. The van der Waals surface area contributed by atoms with Crippen molar-refractivity contribution in [2.45, 2.75) is 18.6 Å². The topological polar surface area (TPSA) is 57.0 Å². The summed E-state index contributed by atoms with van der Waals surface area (Å²) in [6, 6.07) is 4.29. The Kier molecular flexibility index (Phi) is 4.16. The van der Waals surface area contributed by atoms with Gasteiger partial charge in [-0.25, -0.2) is 0 Å². The maximum atomic E-state index is 6.00. The highest BCUT2D eigenvalue weighted by Gasteiger charge is 2.30. The van der Waals surface area contributed by atoms with Gasteiger partial charge >= 0.3 is 0 Å². The minimum Gasteiger partial charge on any atom is -0.454 e. The average Bonchev–Trinajstić information content (AvgIpc) is 3.08. The predicted molar refractivity (Wildman–Crippen MR) is 79.0 cm³/mol. The predicted octanol–water partition coefficient (Wildman–Crippen LogP) is 1.90. The molecule has 6 heteroatoms. The molecule has 0 aliphatic carbocycles. The van der Waals surface area contributed by atoms with Gasteiger partial charge in [0, 0.05) is 32.8 Å². The summed E-state index contributed by atoms with van der Waals surface area (Å²) in [7, 11) is 1.77. The number of methoxy groups -OCH3 is 1. The van der Waals surface area contributed by atoms with Gasteiger partial charge in [-0.3, -0.25) is 4.90 Å². The summed E-state index contributed by atoms with van der Waals surface area (Å²) < 4.78 is 17.3. The smallest absolute Gasteiger partial charge is 0.231 e. The SMILES string of the molecule is COC1CCN(C(CN)c2cc(Br)c3c(c2)OCO3)C1. The summed E-state index contributed by atoms with van der Waals surface area (Å²) in [5.41, 5.74) is 7.15. The zero-order chi connectivity index (χ0) is 14.1. The molecule has 2 unspecified atom stereocenters. The fourth-order valence-electron chi connectivity index (χ4n) is 2.91. The van der Waals surface area contributed by atoms with Gasteiger partial charge in [-0.1, -0.05) is 0 Å². The van der Waals surface area contributed by atoms with E-state index in [9.17, 15) is 0 Å². The zero-order valence-electron chi connectivity index (χ0n) is 11.5. The lowest BCUT2D eigenvalue weighted by Gasteiger charge is -2.27. The highest BCUT2D eigenvalue weighted by atomic mass is 79.9. The second-order valence-electron chi connectivity index (χ2n) is 5.13. The number of rotatable bonds is 4. The van der Waals surface area contributed by atoms with Gasteiger partial charge in [0.25, 0.3) is 0 Å². The molecule has 2 aliphatic rings. The molecule has 1 fully saturated rings. The highest BCUT2D eigenvalue weighted by molar-refractivity contribution is 9.10. The summed E-state index contributed by atoms with van der Waals surface area (Å²) in [4.78, 5) is 2.37. The molecule has 2 aliphatic heterocycles. The van der Waals surface area contributed by atoms with Crippen LogP contribution in [0.25, 0.3) is 0 Å². The van der Waals surface area contributed by atoms with E-state index in [1.165, 1.54) is 0 Å². The van der Waals surface area contributed by atoms with Gasteiger partial charge in [0.1, 0.15) is 0 Å². The first-order chi connectivity index (χ1) is 9.72. The molecule has 110 valence electrons. The van der Waals surface area contributed by atoms with Gasteiger partial charge in [0.05, 0.1) is 10.6 Å². The van der Waals surface area contributed by atoms with Crippen molar-refractivity contribution in [3.63, 3.8) is 0 Å². The van der Waals surface area contributed by atoms with Gasteiger partial charge in [-0.05, 0) is 40.0 Å². The first-order valence-electron chi connectivity index (χ1n) is 6.79. The molecule has 1 aromatic rings. The molecule has 0 bridgehead atoms. The van der Waals surface area contributed by atoms with Crippen LogP contribution in [0.5, 0.6) is 11.5 Å². The Hall–Kier alpha value is -0.820. The van der Waals surface area contributed by atoms with Crippen LogP contribution < -0.4 is 15.2 Å². The van der Waals surface area contributed by atoms with E-state index in [-0.39, 0.29) is 12.8 Å². The number of halogens is 1. The Morgan fingerprint density at radius 1 is 1.50 bits per heavy atom. The van der Waals surface area contributed by atoms with E-state index in [0.29, 0.717) is 12.6 Å². The number of hydrogen-bond acceptors (Lipinski definition) is 5. The average molecular weight is 343 g/mol. The van der Waals surface area contributed by atoms with E-state index in [2.05, 4.69) is 26.9 Å². The van der Waals surface area contributed by atoms with Gasteiger partial charge < -0.3 is 19.9 Å². The van der Waals surface area contributed by atoms with E-state index < -0.39 is 0 Å². The summed E-state index contributed by atoms with van der Waals surface area (Å²) in [5, 5.41) is 0. The first kappa shape index (κ1) is 14.1. The lowest BCUT2D eigenvalue weighted by molar-refractivity contribution is 0.101. The molecule has 2 heterocycles. The molecule has 2 atom stereocenters. The van der Waals surface area contributed by atoms with Crippen molar-refractivity contribution in [1.82, 2.24) is 4.90 Å². The molecule has 0 radical (unpaired) electrons. The lowest BCUT2D eigenvalue weighted by atomic mass is 10.0. The van der Waals surface area contributed by atoms with Crippen molar-refractivity contribution in [2.24, 2.45) is 5.73 Å². The molecule has 0 aromatic heterocycles. The fraction of sp³-hybridized carbons (Fsp3) is 0.571. The largest absolute Gasteiger partial charge is 0.454 e. The van der Waals surface area contributed by atoms with Gasteiger partial charge in [0.15, 0.2) is 11.5 Å². The van der Waals surface area contributed by atoms with Gasteiger partial charge in [0.2, 0.25) is 6.79 Å². The quantitative estimate of drug-likeness (QED) is 0.905. The Bertz CT molecular complexity index is 498. The van der Waals surface area contributed by atoms with E-state index in [1.807, 2.05) is 6.07 Å². The van der Waals surface area contributed by atoms with Crippen LogP contribution in [0.1, 0.15) is 18.0 Å². The molecule has 0 amide bonds. The minimum atomic E-state index is 0.181. The van der Waals surface area contributed by atoms with Crippen molar-refractivity contribution >= 4 is 15.9 Å². The van der Waals surface area contributed by atoms with Crippen LogP contribution >= 0.6 is 15.9 Å². The summed E-state index contributed by atoms with van der Waals surface area (Å²) in [6.45, 7) is 2.78. The molecular weight excluding hydrogens is 324 g/mol. The first-order valence-corrected chi connectivity index (χ1v) is 7.58. The number of ether oxygens (including phenoxy) is 3. The molecular formula is C14H19BrN2O3. The number of hydrogen-bond donors (Lipinski definition) is 1. The molecule has 1 saturated heterocycles. The Morgan fingerprint density at radius 2 is 2.35 bits per heavy atom. The van der Waals surface area contributed by atoms with Crippen molar-refractivity contribution in [1.29, 1.82) is 0 Å². The normalized spacial score (nSPS) is 23.2. The van der Waals surface area contributed by atoms with Crippen LogP contribution in [0.4, 0.5) is 0 Å². The van der Waals surface area contributed by atoms with Crippen LogP contribution in [0.3, 0.4) is 0 Å². The number of fused-ring (bicyclic) bond motifs is 1. The second-order valence-corrected chi connectivity index (χ2v) is 5.98. The molecule has 0 spiro atoms. The van der Waals surface area contributed by atoms with Crippen LogP contribution in [-0.4, -0.2) is 44.5 Å². The van der Waals surface area contributed by atoms with Crippen LogP contribution in [0.15, 0.2) is 16.6 Å². The third-order valence-electron chi connectivity index (χ3n) is 4.01. The Labute approximate surface area is 127 Å². The number of benzene rings is 1. The van der Waals surface area contributed by atoms with Crippen molar-refractivity contribution in [3.8, 4) is 11.5 Å². The van der Waals surface area contributed by atoms with Crippen molar-refractivity contribution in [3.05, 3.63) is 22.2 Å². The zero-order valence-corrected chi connectivity index (χ0v) is 13.1. The summed E-state index contributed by atoms with van der Waals surface area (Å²) in [6.07, 6.45) is 1.36. The summed E-state index contributed by atoms with van der Waals surface area (Å²) in [5.74, 6) is 1.57. The number of nitrogens with two attached hydrogens (primary N) is 1. The number of likely N-dealkylation sites (tertiary alicyclic amines) is 1. The van der Waals surface area contributed by atoms with Crippen LogP contribution in [0.2, 0.25) is 0 Å². The molecule has 0 saturated carbocycles. The molecule has 3 rings (SSSR count). The maximum absolute atomic E-state index is 6.00. The van der Waals surface area contributed by atoms with Crippen LogP contribution in [-0.2, 0) is 4.74 Å². The summed E-state index contributed by atoms with van der Waals surface area (Å²) >= 11 is 3.54. The standard InChI is InChI=1S/C14H19BrN2O3/c1-18-10-2-3-17(7-10)12(6-16)9-4-11(15)14-13(5-9)19-8-20-14/h4-5,10,12H,2-3,6-8,16H2,1H3. The molecule has 5 nitrogen and oxygen atoms in total. The van der Waals surface area contributed by atoms with Crippen molar-refractivity contribution in [2.75, 3.05) is 33.5 Å². The highest BCUT2D eigenvalue weighted by Crippen LogP contribution is 2.42. The van der Waals surface area contributed by atoms with E-state index >= 15 is 0 Å². The van der Waals surface area contributed by atoms with E-state index in [1.54, 1.807) is 7.11 Å². The molecule has 1 aromatic carbocycles. The lowest BCUT2D eigenvalue weighted by Crippen LogP contribution is -2.33. The monoisotopic (exact) mass is 342 g/mol.